The summed E-state index contributed by atoms with van der Waals surface area (Å²) in [4.78, 5) is 0. The Morgan fingerprint density at radius 3 is 2.12 bits per heavy atom. The van der Waals surface area contributed by atoms with Crippen LogP contribution >= 0.6 is 0 Å². The molecule has 2 aromatic carbocycles. The van der Waals surface area contributed by atoms with E-state index in [9.17, 15) is 5.11 Å². The summed E-state index contributed by atoms with van der Waals surface area (Å²) in [6.45, 7) is 10.4. The predicted molar refractivity (Wildman–Crippen MR) is 98.8 cm³/mol. The van der Waals surface area contributed by atoms with Crippen LogP contribution in [0.2, 0.25) is 0 Å². The van der Waals surface area contributed by atoms with Crippen LogP contribution in [0.1, 0.15) is 37.5 Å². The van der Waals surface area contributed by atoms with Gasteiger partial charge in [-0.2, -0.15) is 5.10 Å². The van der Waals surface area contributed by atoms with Crippen molar-refractivity contribution in [3.63, 3.8) is 0 Å². The van der Waals surface area contributed by atoms with Gasteiger partial charge in [-0.15, -0.1) is 0 Å². The second kappa shape index (κ2) is 5.82. The topological polar surface area (TPSA) is 38.0 Å². The first-order valence-corrected chi connectivity index (χ1v) is 8.24. The molecule has 0 unspecified atom stereocenters. The van der Waals surface area contributed by atoms with Crippen molar-refractivity contribution >= 4 is 0 Å². The van der Waals surface area contributed by atoms with E-state index in [2.05, 4.69) is 39.8 Å². The highest BCUT2D eigenvalue weighted by Gasteiger charge is 2.29. The number of aromatic nitrogens is 2. The second-order valence-corrected chi connectivity index (χ2v) is 7.36. The zero-order valence-corrected chi connectivity index (χ0v) is 15.0. The molecule has 124 valence electrons. The van der Waals surface area contributed by atoms with Crippen molar-refractivity contribution in [2.45, 2.75) is 40.0 Å². The minimum atomic E-state index is -0.218. The molecule has 0 spiro atoms. The Balaban J connectivity index is 2.28. The number of hydrogen-bond donors (Lipinski definition) is 1. The molecule has 0 saturated carbocycles. The van der Waals surface area contributed by atoms with Gasteiger partial charge in [-0.1, -0.05) is 62.7 Å². The van der Waals surface area contributed by atoms with E-state index in [1.165, 1.54) is 5.56 Å². The van der Waals surface area contributed by atoms with E-state index in [-0.39, 0.29) is 11.3 Å². The van der Waals surface area contributed by atoms with Crippen LogP contribution < -0.4 is 0 Å². The van der Waals surface area contributed by atoms with Crippen LogP contribution in [0, 0.1) is 13.8 Å². The maximum absolute atomic E-state index is 10.9. The van der Waals surface area contributed by atoms with Crippen molar-refractivity contribution < 1.29 is 5.11 Å². The second-order valence-electron chi connectivity index (χ2n) is 7.36. The number of aryl methyl sites for hydroxylation is 2. The Kier molecular flexibility index (Phi) is 3.96. The summed E-state index contributed by atoms with van der Waals surface area (Å²) < 4.78 is 1.64. The molecule has 0 aliphatic rings. The van der Waals surface area contributed by atoms with Gasteiger partial charge >= 0.3 is 0 Å². The zero-order valence-electron chi connectivity index (χ0n) is 15.0. The van der Waals surface area contributed by atoms with Gasteiger partial charge in [0, 0.05) is 11.1 Å². The van der Waals surface area contributed by atoms with Crippen molar-refractivity contribution in [3.8, 4) is 22.8 Å². The van der Waals surface area contributed by atoms with Gasteiger partial charge < -0.3 is 5.11 Å². The largest absolute Gasteiger partial charge is 0.493 e. The van der Waals surface area contributed by atoms with E-state index in [1.807, 2.05) is 43.3 Å². The van der Waals surface area contributed by atoms with Crippen molar-refractivity contribution in [1.82, 2.24) is 9.78 Å². The van der Waals surface area contributed by atoms with Gasteiger partial charge in [-0.05, 0) is 37.0 Å². The van der Waals surface area contributed by atoms with Crippen LogP contribution in [-0.4, -0.2) is 14.9 Å². The molecule has 24 heavy (non-hydrogen) atoms. The summed E-state index contributed by atoms with van der Waals surface area (Å²) in [7, 11) is 0. The first kappa shape index (κ1) is 16.3. The molecule has 0 bridgehead atoms. The summed E-state index contributed by atoms with van der Waals surface area (Å²) in [5, 5.41) is 15.7. The van der Waals surface area contributed by atoms with E-state index in [0.29, 0.717) is 0 Å². The molecule has 0 radical (unpaired) electrons. The Morgan fingerprint density at radius 2 is 1.54 bits per heavy atom. The molecule has 3 nitrogen and oxygen atoms in total. The van der Waals surface area contributed by atoms with Crippen LogP contribution in [0.15, 0.2) is 48.5 Å². The fourth-order valence-electron chi connectivity index (χ4n) is 2.99. The average Bonchev–Trinajstić information content (AvgIpc) is 2.86. The van der Waals surface area contributed by atoms with Gasteiger partial charge in [-0.25, -0.2) is 4.68 Å². The van der Waals surface area contributed by atoms with Gasteiger partial charge in [0.15, 0.2) is 0 Å². The monoisotopic (exact) mass is 320 g/mol. The summed E-state index contributed by atoms with van der Waals surface area (Å²) in [6.07, 6.45) is 0. The first-order chi connectivity index (χ1) is 11.3. The minimum Gasteiger partial charge on any atom is -0.493 e. The molecule has 0 saturated heterocycles. The summed E-state index contributed by atoms with van der Waals surface area (Å²) in [5.74, 6) is 0.213. The third-order valence-corrected chi connectivity index (χ3v) is 4.29. The Labute approximate surface area is 143 Å². The van der Waals surface area contributed by atoms with Crippen molar-refractivity contribution in [2.75, 3.05) is 0 Å². The Morgan fingerprint density at radius 1 is 0.917 bits per heavy atom. The van der Waals surface area contributed by atoms with E-state index < -0.39 is 0 Å². The van der Waals surface area contributed by atoms with E-state index in [0.717, 1.165) is 28.1 Å². The summed E-state index contributed by atoms with van der Waals surface area (Å²) >= 11 is 0. The first-order valence-electron chi connectivity index (χ1n) is 8.24. The van der Waals surface area contributed by atoms with Crippen LogP contribution in [-0.2, 0) is 5.41 Å². The van der Waals surface area contributed by atoms with Gasteiger partial charge in [0.2, 0.25) is 5.88 Å². The van der Waals surface area contributed by atoms with Crippen molar-refractivity contribution in [2.24, 2.45) is 0 Å². The fourth-order valence-corrected chi connectivity index (χ4v) is 2.99. The Hall–Kier alpha value is -2.55. The smallest absolute Gasteiger partial charge is 0.218 e. The highest BCUT2D eigenvalue weighted by molar-refractivity contribution is 5.70. The average molecular weight is 320 g/mol. The molecular weight excluding hydrogens is 296 g/mol. The lowest BCUT2D eigenvalue weighted by Gasteiger charge is -2.19. The lowest BCUT2D eigenvalue weighted by atomic mass is 9.84. The highest BCUT2D eigenvalue weighted by Crippen LogP contribution is 2.40. The van der Waals surface area contributed by atoms with E-state index >= 15 is 0 Å². The number of hydrogen-bond acceptors (Lipinski definition) is 2. The van der Waals surface area contributed by atoms with Crippen LogP contribution in [0.4, 0.5) is 0 Å². The van der Waals surface area contributed by atoms with Crippen molar-refractivity contribution in [3.05, 3.63) is 65.2 Å². The molecule has 1 heterocycles. The molecular formula is C21H24N2O. The quantitative estimate of drug-likeness (QED) is 0.708. The van der Waals surface area contributed by atoms with E-state index in [4.69, 9.17) is 5.10 Å². The molecule has 0 fully saturated rings. The van der Waals surface area contributed by atoms with Crippen LogP contribution in [0.5, 0.6) is 5.88 Å². The van der Waals surface area contributed by atoms with Crippen LogP contribution in [0.3, 0.4) is 0 Å². The predicted octanol–water partition coefficient (Wildman–Crippen LogP) is 5.16. The lowest BCUT2D eigenvalue weighted by molar-refractivity contribution is 0.414. The van der Waals surface area contributed by atoms with E-state index in [1.54, 1.807) is 4.68 Å². The maximum atomic E-state index is 10.9. The number of benzene rings is 2. The van der Waals surface area contributed by atoms with Gasteiger partial charge in [-0.3, -0.25) is 0 Å². The normalized spacial score (nSPS) is 11.7. The van der Waals surface area contributed by atoms with Gasteiger partial charge in [0.1, 0.15) is 5.69 Å². The molecule has 0 aliphatic heterocycles. The standard InChI is InChI=1S/C21H24N2O/c1-14-10-12-16(13-11-14)23-20(24)18(21(3,4)5)19(22-23)17-9-7-6-8-15(17)2/h6-13,24H,1-5H3. The minimum absolute atomic E-state index is 0.213. The maximum Gasteiger partial charge on any atom is 0.218 e. The third kappa shape index (κ3) is 2.82. The SMILES string of the molecule is Cc1ccc(-n2nc(-c3ccccc3C)c(C(C)(C)C)c2O)cc1. The third-order valence-electron chi connectivity index (χ3n) is 4.29. The molecule has 0 atom stereocenters. The number of nitrogens with zero attached hydrogens (tertiary/aromatic N) is 2. The van der Waals surface area contributed by atoms with Gasteiger partial charge in [0.25, 0.3) is 0 Å². The summed E-state index contributed by atoms with van der Waals surface area (Å²) in [6, 6.07) is 16.2. The number of rotatable bonds is 2. The molecule has 0 aliphatic carbocycles. The highest BCUT2D eigenvalue weighted by atomic mass is 16.3. The van der Waals surface area contributed by atoms with Crippen LogP contribution in [0.25, 0.3) is 16.9 Å². The van der Waals surface area contributed by atoms with Gasteiger partial charge in [0.05, 0.1) is 5.69 Å². The zero-order chi connectivity index (χ0) is 17.5. The molecule has 3 aromatic rings. The Bertz CT molecular complexity index is 868. The molecule has 3 rings (SSSR count). The molecule has 3 heteroatoms. The lowest BCUT2D eigenvalue weighted by Crippen LogP contribution is -2.12. The molecule has 1 N–H and O–H groups in total. The molecule has 0 amide bonds. The van der Waals surface area contributed by atoms with Crippen molar-refractivity contribution in [1.29, 1.82) is 0 Å². The summed E-state index contributed by atoms with van der Waals surface area (Å²) in [5.41, 5.74) is 5.75. The number of aromatic hydroxyl groups is 1. The fraction of sp³-hybridized carbons (Fsp3) is 0.286. The molecule has 1 aromatic heterocycles.